The number of hydrogen-bond acceptors (Lipinski definition) is 7. The smallest absolute Gasteiger partial charge is 0.238 e. The number of fused-ring (bicyclic) bond motifs is 4. The number of pyridine rings is 2. The quantitative estimate of drug-likeness (QED) is 0.556. The molecule has 0 radical (unpaired) electrons. The van der Waals surface area contributed by atoms with Crippen LogP contribution in [0.4, 0.5) is 22.9 Å². The van der Waals surface area contributed by atoms with Gasteiger partial charge in [-0.3, -0.25) is 9.10 Å². The summed E-state index contributed by atoms with van der Waals surface area (Å²) in [6.07, 6.45) is 5.02. The van der Waals surface area contributed by atoms with Crippen molar-refractivity contribution in [3.63, 3.8) is 0 Å². The summed E-state index contributed by atoms with van der Waals surface area (Å²) >= 11 is 0. The molecule has 0 spiro atoms. The third kappa shape index (κ3) is 4.05. The van der Waals surface area contributed by atoms with E-state index in [0.717, 1.165) is 46.8 Å². The van der Waals surface area contributed by atoms with E-state index in [9.17, 15) is 9.00 Å². The van der Waals surface area contributed by atoms with Crippen LogP contribution in [-0.4, -0.2) is 45.0 Å². The Bertz CT molecular complexity index is 1380. The van der Waals surface area contributed by atoms with Gasteiger partial charge in [0.2, 0.25) is 11.8 Å². The van der Waals surface area contributed by atoms with Gasteiger partial charge in [0.15, 0.2) is 0 Å². The summed E-state index contributed by atoms with van der Waals surface area (Å²) in [4.78, 5) is 23.0. The molecule has 1 saturated heterocycles. The summed E-state index contributed by atoms with van der Waals surface area (Å²) in [6, 6.07) is 9.79. The molecule has 9 nitrogen and oxygen atoms in total. The molecular weight excluding hydrogens is 478 g/mol. The SMILES string of the molecule is CC(C)S(=O)N1CCOc2ncc(Nc3cc4c(cn3)-c3ccc(N5CCCC5=O)cc3OC4)cc21. The van der Waals surface area contributed by atoms with Crippen LogP contribution in [-0.2, 0) is 22.4 Å². The van der Waals surface area contributed by atoms with Crippen LogP contribution < -0.4 is 24.0 Å². The Balaban J connectivity index is 1.25. The van der Waals surface area contributed by atoms with Crippen LogP contribution in [0.2, 0.25) is 0 Å². The highest BCUT2D eigenvalue weighted by Gasteiger charge is 2.27. The highest BCUT2D eigenvalue weighted by atomic mass is 32.2. The molecule has 36 heavy (non-hydrogen) atoms. The van der Waals surface area contributed by atoms with Gasteiger partial charge in [-0.2, -0.15) is 0 Å². The highest BCUT2D eigenvalue weighted by Crippen LogP contribution is 2.41. The van der Waals surface area contributed by atoms with Gasteiger partial charge in [-0.1, -0.05) is 0 Å². The Kier molecular flexibility index (Phi) is 5.75. The number of amides is 1. The zero-order valence-electron chi connectivity index (χ0n) is 20.2. The molecule has 10 heteroatoms. The fraction of sp³-hybridized carbons (Fsp3) is 0.346. The fourth-order valence-corrected chi connectivity index (χ4v) is 5.85. The van der Waals surface area contributed by atoms with E-state index in [2.05, 4.69) is 15.3 Å². The number of nitrogens with zero attached hydrogens (tertiary/aromatic N) is 4. The summed E-state index contributed by atoms with van der Waals surface area (Å²) in [6.45, 7) is 6.03. The number of rotatable bonds is 5. The number of benzene rings is 1. The average Bonchev–Trinajstić information content (AvgIpc) is 3.33. The maximum absolute atomic E-state index is 12.8. The molecule has 3 aliphatic rings. The van der Waals surface area contributed by atoms with Crippen molar-refractivity contribution in [1.82, 2.24) is 9.97 Å². The second-order valence-corrected chi connectivity index (χ2v) is 11.2. The van der Waals surface area contributed by atoms with Gasteiger partial charge in [-0.05, 0) is 44.5 Å². The molecule has 5 heterocycles. The lowest BCUT2D eigenvalue weighted by Gasteiger charge is -2.30. The molecular formula is C26H27N5O4S. The van der Waals surface area contributed by atoms with E-state index in [1.807, 2.05) is 59.6 Å². The van der Waals surface area contributed by atoms with E-state index in [-0.39, 0.29) is 11.2 Å². The normalized spacial score (nSPS) is 17.1. The van der Waals surface area contributed by atoms with Crippen molar-refractivity contribution in [3.8, 4) is 22.8 Å². The standard InChI is InChI=1S/C26H27N5O4S/c1-16(2)36(33)31-8-9-34-26-22(31)11-18(13-28-26)29-24-10-17-15-35-23-12-19(30-7-3-4-25(30)32)5-6-20(23)21(17)14-27-24/h5-6,10-14,16H,3-4,7-9,15H2,1-2H3,(H,27,29). The van der Waals surface area contributed by atoms with E-state index in [0.29, 0.717) is 43.6 Å². The molecule has 2 aromatic heterocycles. The second kappa shape index (κ2) is 9.09. The monoisotopic (exact) mass is 505 g/mol. The van der Waals surface area contributed by atoms with E-state index < -0.39 is 11.0 Å². The van der Waals surface area contributed by atoms with Crippen molar-refractivity contribution in [2.75, 3.05) is 34.2 Å². The largest absolute Gasteiger partial charge is 0.488 e. The van der Waals surface area contributed by atoms with E-state index in [1.54, 1.807) is 6.20 Å². The van der Waals surface area contributed by atoms with Gasteiger partial charge in [-0.15, -0.1) is 0 Å². The topological polar surface area (TPSA) is 96.9 Å². The second-order valence-electron chi connectivity index (χ2n) is 9.29. The van der Waals surface area contributed by atoms with E-state index in [1.165, 1.54) is 0 Å². The van der Waals surface area contributed by atoms with Crippen LogP contribution in [0.25, 0.3) is 11.1 Å². The van der Waals surface area contributed by atoms with Gasteiger partial charge in [0.1, 0.15) is 41.5 Å². The Labute approximate surface area is 212 Å². The minimum absolute atomic E-state index is 0.00956. The fourth-order valence-electron chi connectivity index (χ4n) is 4.76. The number of carbonyl (C=O) groups is 1. The first kappa shape index (κ1) is 22.8. The Hall–Kier alpha value is -3.66. The van der Waals surface area contributed by atoms with Crippen LogP contribution in [0.1, 0.15) is 32.3 Å². The average molecular weight is 506 g/mol. The van der Waals surface area contributed by atoms with Gasteiger partial charge >= 0.3 is 0 Å². The van der Waals surface area contributed by atoms with Crippen molar-refractivity contribution in [1.29, 1.82) is 0 Å². The first-order valence-corrected chi connectivity index (χ1v) is 13.3. The number of anilines is 4. The molecule has 0 aliphatic carbocycles. The molecule has 0 saturated carbocycles. The van der Waals surface area contributed by atoms with Crippen molar-refractivity contribution < 1.29 is 18.5 Å². The molecule has 0 bridgehead atoms. The molecule has 6 rings (SSSR count). The first-order chi connectivity index (χ1) is 17.5. The Morgan fingerprint density at radius 3 is 2.75 bits per heavy atom. The van der Waals surface area contributed by atoms with Crippen molar-refractivity contribution in [2.24, 2.45) is 0 Å². The summed E-state index contributed by atoms with van der Waals surface area (Å²) in [7, 11) is -1.17. The van der Waals surface area contributed by atoms with E-state index >= 15 is 0 Å². The summed E-state index contributed by atoms with van der Waals surface area (Å²) in [5.74, 6) is 2.07. The lowest BCUT2D eigenvalue weighted by Crippen LogP contribution is -2.37. The number of carbonyl (C=O) groups excluding carboxylic acids is 1. The number of hydrogen-bond donors (Lipinski definition) is 1. The number of ether oxygens (including phenoxy) is 2. The van der Waals surface area contributed by atoms with Crippen LogP contribution >= 0.6 is 0 Å². The zero-order chi connectivity index (χ0) is 24.8. The minimum atomic E-state index is -1.17. The lowest BCUT2D eigenvalue weighted by atomic mass is 9.98. The molecule has 1 fully saturated rings. The van der Waals surface area contributed by atoms with Gasteiger partial charge < -0.3 is 19.7 Å². The maximum atomic E-state index is 12.8. The van der Waals surface area contributed by atoms with Crippen LogP contribution in [0.15, 0.2) is 42.7 Å². The van der Waals surface area contributed by atoms with Gasteiger partial charge in [0.05, 0.1) is 18.4 Å². The first-order valence-electron chi connectivity index (χ1n) is 12.1. The van der Waals surface area contributed by atoms with Crippen LogP contribution in [0.5, 0.6) is 11.6 Å². The maximum Gasteiger partial charge on any atom is 0.238 e. The Morgan fingerprint density at radius 2 is 1.94 bits per heavy atom. The predicted octanol–water partition coefficient (Wildman–Crippen LogP) is 4.18. The molecule has 1 unspecified atom stereocenters. The molecule has 1 N–H and O–H groups in total. The molecule has 3 aromatic rings. The Morgan fingerprint density at radius 1 is 1.06 bits per heavy atom. The number of aromatic nitrogens is 2. The summed E-state index contributed by atoms with van der Waals surface area (Å²) in [5, 5.41) is 3.30. The number of nitrogens with one attached hydrogen (secondary N) is 1. The zero-order valence-corrected chi connectivity index (χ0v) is 21.0. The molecule has 1 amide bonds. The lowest BCUT2D eigenvalue weighted by molar-refractivity contribution is -0.117. The van der Waals surface area contributed by atoms with Crippen molar-refractivity contribution >= 4 is 39.8 Å². The molecule has 3 aliphatic heterocycles. The van der Waals surface area contributed by atoms with Crippen molar-refractivity contribution in [3.05, 3.63) is 48.3 Å². The predicted molar refractivity (Wildman–Crippen MR) is 139 cm³/mol. The minimum Gasteiger partial charge on any atom is -0.488 e. The third-order valence-corrected chi connectivity index (χ3v) is 8.16. The van der Waals surface area contributed by atoms with Gasteiger partial charge in [-0.25, -0.2) is 14.2 Å². The van der Waals surface area contributed by atoms with E-state index in [4.69, 9.17) is 9.47 Å². The summed E-state index contributed by atoms with van der Waals surface area (Å²) in [5.41, 5.74) is 5.31. The molecule has 1 aromatic carbocycles. The molecule has 1 atom stereocenters. The molecule has 186 valence electrons. The van der Waals surface area contributed by atoms with Crippen LogP contribution in [0, 0.1) is 0 Å². The van der Waals surface area contributed by atoms with Crippen molar-refractivity contribution in [2.45, 2.75) is 38.5 Å². The van der Waals surface area contributed by atoms with Crippen LogP contribution in [0.3, 0.4) is 0 Å². The third-order valence-electron chi connectivity index (χ3n) is 6.54. The summed E-state index contributed by atoms with van der Waals surface area (Å²) < 4.78 is 26.4. The van der Waals surface area contributed by atoms with Gasteiger partial charge in [0.25, 0.3) is 0 Å². The van der Waals surface area contributed by atoms with Gasteiger partial charge in [0, 0.05) is 52.9 Å². The highest BCUT2D eigenvalue weighted by molar-refractivity contribution is 7.87.